The molecule has 1 N–H and O–H groups in total. The maximum Gasteiger partial charge on any atom is 0.309 e. The van der Waals surface area contributed by atoms with Gasteiger partial charge in [-0.25, -0.2) is 0 Å². The third kappa shape index (κ3) is 3.03. The van der Waals surface area contributed by atoms with Gasteiger partial charge < -0.3 is 10.1 Å². The van der Waals surface area contributed by atoms with Crippen molar-refractivity contribution in [3.8, 4) is 0 Å². The lowest BCUT2D eigenvalue weighted by atomic mass is 9.84. The number of methoxy groups -OCH3 is 1. The van der Waals surface area contributed by atoms with Crippen molar-refractivity contribution in [3.63, 3.8) is 0 Å². The molecule has 0 radical (unpaired) electrons. The van der Waals surface area contributed by atoms with E-state index in [1.165, 1.54) is 26.4 Å². The van der Waals surface area contributed by atoms with Crippen LogP contribution in [0.5, 0.6) is 0 Å². The molecule has 18 heavy (non-hydrogen) atoms. The van der Waals surface area contributed by atoms with Crippen LogP contribution in [-0.2, 0) is 14.3 Å². The Bertz CT molecular complexity index is 321. The predicted molar refractivity (Wildman–Crippen MR) is 67.8 cm³/mol. The van der Waals surface area contributed by atoms with Gasteiger partial charge in [0.05, 0.1) is 18.9 Å². The summed E-state index contributed by atoms with van der Waals surface area (Å²) in [5, 5.41) is 3.09. The average molecular weight is 253 g/mol. The highest BCUT2D eigenvalue weighted by molar-refractivity contribution is 5.90. The highest BCUT2D eigenvalue weighted by Gasteiger charge is 2.49. The number of hydrogen-bond acceptors (Lipinski definition) is 3. The van der Waals surface area contributed by atoms with E-state index in [-0.39, 0.29) is 23.7 Å². The molecule has 0 saturated heterocycles. The molecule has 0 bridgehead atoms. The summed E-state index contributed by atoms with van der Waals surface area (Å²) in [6.07, 6.45) is 6.50. The normalized spacial score (nSPS) is 34.8. The maximum atomic E-state index is 11.9. The fourth-order valence-electron chi connectivity index (χ4n) is 2.92. The standard InChI is InChI=1S/C14H23NO3/c1-3-9-4-6-10(7-5-9)15-13(16)11-8-12(11)14(17)18-2/h9-12H,3-8H2,1-2H3,(H,15,16)/t9?,10?,11-,12?/m0/s1. The second-order valence-corrected chi connectivity index (χ2v) is 5.61. The van der Waals surface area contributed by atoms with Crippen LogP contribution in [-0.4, -0.2) is 25.0 Å². The lowest BCUT2D eigenvalue weighted by Gasteiger charge is -2.28. The summed E-state index contributed by atoms with van der Waals surface area (Å²) in [7, 11) is 1.38. The summed E-state index contributed by atoms with van der Waals surface area (Å²) in [4.78, 5) is 23.2. The number of carbonyl (C=O) groups excluding carboxylic acids is 2. The minimum atomic E-state index is -0.246. The Morgan fingerprint density at radius 1 is 1.17 bits per heavy atom. The van der Waals surface area contributed by atoms with Crippen LogP contribution in [0, 0.1) is 17.8 Å². The van der Waals surface area contributed by atoms with Crippen molar-refractivity contribution in [2.75, 3.05) is 7.11 Å². The number of nitrogens with one attached hydrogen (secondary N) is 1. The molecule has 2 fully saturated rings. The fourth-order valence-corrected chi connectivity index (χ4v) is 2.92. The van der Waals surface area contributed by atoms with Crippen LogP contribution in [0.15, 0.2) is 0 Å². The third-order valence-electron chi connectivity index (χ3n) is 4.40. The minimum absolute atomic E-state index is 0.0466. The van der Waals surface area contributed by atoms with Gasteiger partial charge in [0.2, 0.25) is 5.91 Å². The number of ether oxygens (including phenoxy) is 1. The molecule has 1 amide bonds. The van der Waals surface area contributed by atoms with Gasteiger partial charge in [0.15, 0.2) is 0 Å². The van der Waals surface area contributed by atoms with Crippen molar-refractivity contribution in [1.29, 1.82) is 0 Å². The SMILES string of the molecule is CCC1CCC(NC(=O)[C@H]2CC2C(=O)OC)CC1. The Labute approximate surface area is 108 Å². The van der Waals surface area contributed by atoms with Crippen molar-refractivity contribution in [3.05, 3.63) is 0 Å². The molecule has 0 aromatic carbocycles. The van der Waals surface area contributed by atoms with Crippen LogP contribution >= 0.6 is 0 Å². The van der Waals surface area contributed by atoms with Gasteiger partial charge in [0.25, 0.3) is 0 Å². The van der Waals surface area contributed by atoms with Crippen LogP contribution in [0.3, 0.4) is 0 Å². The van der Waals surface area contributed by atoms with E-state index in [0.29, 0.717) is 12.5 Å². The molecule has 4 heteroatoms. The molecule has 1 unspecified atom stereocenters. The summed E-state index contributed by atoms with van der Waals surface area (Å²) in [6, 6.07) is 0.319. The molecule has 2 saturated carbocycles. The fraction of sp³-hybridized carbons (Fsp3) is 0.857. The number of amides is 1. The van der Waals surface area contributed by atoms with E-state index in [2.05, 4.69) is 17.0 Å². The molecule has 102 valence electrons. The molecular formula is C14H23NO3. The summed E-state index contributed by atoms with van der Waals surface area (Å²) in [6.45, 7) is 2.23. The zero-order valence-electron chi connectivity index (χ0n) is 11.3. The van der Waals surface area contributed by atoms with E-state index in [1.807, 2.05) is 0 Å². The van der Waals surface area contributed by atoms with E-state index < -0.39 is 0 Å². The molecule has 4 nitrogen and oxygen atoms in total. The number of carbonyl (C=O) groups is 2. The maximum absolute atomic E-state index is 11.9. The quantitative estimate of drug-likeness (QED) is 0.778. The molecule has 2 rings (SSSR count). The highest BCUT2D eigenvalue weighted by atomic mass is 16.5. The van der Waals surface area contributed by atoms with Crippen LogP contribution < -0.4 is 5.32 Å². The Hall–Kier alpha value is -1.06. The Morgan fingerprint density at radius 3 is 2.39 bits per heavy atom. The second kappa shape index (κ2) is 5.72. The van der Waals surface area contributed by atoms with Gasteiger partial charge in [-0.3, -0.25) is 9.59 Å². The Balaban J connectivity index is 1.72. The lowest BCUT2D eigenvalue weighted by Crippen LogP contribution is -2.39. The van der Waals surface area contributed by atoms with E-state index in [9.17, 15) is 9.59 Å². The minimum Gasteiger partial charge on any atom is -0.469 e. The van der Waals surface area contributed by atoms with Gasteiger partial charge in [0, 0.05) is 6.04 Å². The molecule has 2 atom stereocenters. The molecule has 2 aliphatic carbocycles. The Morgan fingerprint density at radius 2 is 1.83 bits per heavy atom. The molecule has 0 aromatic rings. The molecule has 0 heterocycles. The first-order chi connectivity index (χ1) is 8.65. The topological polar surface area (TPSA) is 55.4 Å². The van der Waals surface area contributed by atoms with E-state index in [4.69, 9.17) is 0 Å². The van der Waals surface area contributed by atoms with Gasteiger partial charge in [-0.15, -0.1) is 0 Å². The smallest absolute Gasteiger partial charge is 0.309 e. The lowest BCUT2D eigenvalue weighted by molar-refractivity contribution is -0.143. The predicted octanol–water partition coefficient (Wildman–Crippen LogP) is 1.88. The van der Waals surface area contributed by atoms with E-state index in [0.717, 1.165) is 18.8 Å². The number of rotatable bonds is 4. The molecule has 0 aromatic heterocycles. The number of hydrogen-bond donors (Lipinski definition) is 1. The van der Waals surface area contributed by atoms with Crippen molar-refractivity contribution in [2.45, 2.75) is 51.5 Å². The molecular weight excluding hydrogens is 230 g/mol. The molecule has 0 aliphatic heterocycles. The zero-order chi connectivity index (χ0) is 13.1. The van der Waals surface area contributed by atoms with Crippen LogP contribution in [0.2, 0.25) is 0 Å². The summed E-state index contributed by atoms with van der Waals surface area (Å²) in [5.74, 6) is 0.306. The highest BCUT2D eigenvalue weighted by Crippen LogP contribution is 2.40. The van der Waals surface area contributed by atoms with Gasteiger partial charge in [-0.05, 0) is 38.0 Å². The first-order valence-corrected chi connectivity index (χ1v) is 7.03. The second-order valence-electron chi connectivity index (χ2n) is 5.61. The van der Waals surface area contributed by atoms with Crippen LogP contribution in [0.4, 0.5) is 0 Å². The van der Waals surface area contributed by atoms with Gasteiger partial charge in [-0.1, -0.05) is 13.3 Å². The average Bonchev–Trinajstić information content (AvgIpc) is 3.19. The first kappa shape index (κ1) is 13.4. The largest absolute Gasteiger partial charge is 0.469 e. The summed E-state index contributed by atoms with van der Waals surface area (Å²) >= 11 is 0. The van der Waals surface area contributed by atoms with Crippen molar-refractivity contribution >= 4 is 11.9 Å². The van der Waals surface area contributed by atoms with Crippen LogP contribution in [0.25, 0.3) is 0 Å². The van der Waals surface area contributed by atoms with Gasteiger partial charge >= 0.3 is 5.97 Å². The van der Waals surface area contributed by atoms with E-state index >= 15 is 0 Å². The van der Waals surface area contributed by atoms with Gasteiger partial charge in [0.1, 0.15) is 0 Å². The zero-order valence-corrected chi connectivity index (χ0v) is 11.3. The summed E-state index contributed by atoms with van der Waals surface area (Å²) in [5.41, 5.74) is 0. The molecule has 0 spiro atoms. The summed E-state index contributed by atoms with van der Waals surface area (Å²) < 4.78 is 4.65. The van der Waals surface area contributed by atoms with Crippen LogP contribution in [0.1, 0.15) is 45.4 Å². The van der Waals surface area contributed by atoms with E-state index in [1.54, 1.807) is 0 Å². The first-order valence-electron chi connectivity index (χ1n) is 7.03. The molecule has 2 aliphatic rings. The van der Waals surface area contributed by atoms with Crippen molar-refractivity contribution < 1.29 is 14.3 Å². The van der Waals surface area contributed by atoms with Gasteiger partial charge in [-0.2, -0.15) is 0 Å². The number of esters is 1. The monoisotopic (exact) mass is 253 g/mol. The van der Waals surface area contributed by atoms with Crippen molar-refractivity contribution in [2.24, 2.45) is 17.8 Å². The van der Waals surface area contributed by atoms with Crippen molar-refractivity contribution in [1.82, 2.24) is 5.32 Å². The third-order valence-corrected chi connectivity index (χ3v) is 4.40. The Kier molecular flexibility index (Phi) is 4.25.